The summed E-state index contributed by atoms with van der Waals surface area (Å²) in [4.78, 5) is 32.5. The highest BCUT2D eigenvalue weighted by Gasteiger charge is 2.58. The van der Waals surface area contributed by atoms with Crippen LogP contribution in [0.3, 0.4) is 0 Å². The van der Waals surface area contributed by atoms with Crippen molar-refractivity contribution in [3.63, 3.8) is 0 Å². The summed E-state index contributed by atoms with van der Waals surface area (Å²) < 4.78 is 6.26. The van der Waals surface area contributed by atoms with Crippen LogP contribution in [0.1, 0.15) is 21.8 Å². The van der Waals surface area contributed by atoms with Gasteiger partial charge in [0.05, 0.1) is 13.2 Å². The average Bonchev–Trinajstić information content (AvgIpc) is 3.04. The third-order valence-corrected chi connectivity index (χ3v) is 6.09. The van der Waals surface area contributed by atoms with E-state index in [4.69, 9.17) is 4.74 Å². The number of carbonyl (C=O) groups excluding carboxylic acids is 2. The third-order valence-electron chi connectivity index (χ3n) is 6.09. The van der Waals surface area contributed by atoms with E-state index in [0.717, 1.165) is 12.1 Å². The second-order valence-corrected chi connectivity index (χ2v) is 8.35. The molecule has 0 radical (unpaired) electrons. The molecule has 0 bridgehead atoms. The number of benzene rings is 2. The largest absolute Gasteiger partial charge is 0.361 e. The second-order valence-electron chi connectivity index (χ2n) is 8.35. The molecule has 0 aliphatic carbocycles. The summed E-state index contributed by atoms with van der Waals surface area (Å²) in [5.74, 6) is -0.173. The topological polar surface area (TPSA) is 53.1 Å². The van der Waals surface area contributed by atoms with Crippen molar-refractivity contribution in [3.05, 3.63) is 71.8 Å². The van der Waals surface area contributed by atoms with Gasteiger partial charge in [0.2, 0.25) is 0 Å². The van der Waals surface area contributed by atoms with E-state index in [1.54, 1.807) is 4.90 Å². The third kappa shape index (κ3) is 3.85. The first-order valence-corrected chi connectivity index (χ1v) is 10.5. The Kier molecular flexibility index (Phi) is 5.88. The van der Waals surface area contributed by atoms with Gasteiger partial charge in [0, 0.05) is 37.7 Å². The van der Waals surface area contributed by atoms with E-state index in [-0.39, 0.29) is 24.3 Å². The molecule has 0 saturated carbocycles. The summed E-state index contributed by atoms with van der Waals surface area (Å²) in [6.07, 6.45) is 0. The lowest BCUT2D eigenvalue weighted by atomic mass is 9.83. The van der Waals surface area contributed by atoms with Gasteiger partial charge in [-0.3, -0.25) is 9.59 Å². The molecule has 6 nitrogen and oxygen atoms in total. The smallest absolute Gasteiger partial charge is 0.257 e. The molecule has 30 heavy (non-hydrogen) atoms. The van der Waals surface area contributed by atoms with E-state index >= 15 is 0 Å². The normalized spacial score (nSPS) is 24.1. The minimum Gasteiger partial charge on any atom is -0.361 e. The zero-order valence-corrected chi connectivity index (χ0v) is 17.7. The van der Waals surface area contributed by atoms with Gasteiger partial charge < -0.3 is 19.4 Å². The van der Waals surface area contributed by atoms with Crippen molar-refractivity contribution in [3.8, 4) is 0 Å². The molecule has 2 fully saturated rings. The summed E-state index contributed by atoms with van der Waals surface area (Å²) in [6, 6.07) is 19.3. The van der Waals surface area contributed by atoms with E-state index in [9.17, 15) is 9.59 Å². The lowest BCUT2D eigenvalue weighted by Gasteiger charge is -2.42. The van der Waals surface area contributed by atoms with E-state index in [1.165, 1.54) is 0 Å². The van der Waals surface area contributed by atoms with Crippen molar-refractivity contribution >= 4 is 11.8 Å². The van der Waals surface area contributed by atoms with Crippen molar-refractivity contribution in [2.75, 3.05) is 53.4 Å². The molecule has 2 amide bonds. The first kappa shape index (κ1) is 20.6. The van der Waals surface area contributed by atoms with Crippen LogP contribution in [-0.4, -0.2) is 85.5 Å². The molecule has 2 aliphatic rings. The molecule has 2 saturated heterocycles. The van der Waals surface area contributed by atoms with Gasteiger partial charge in [0.1, 0.15) is 0 Å². The van der Waals surface area contributed by atoms with Gasteiger partial charge >= 0.3 is 0 Å². The number of likely N-dealkylation sites (N-methyl/N-ethyl adjacent to an activating group) is 1. The van der Waals surface area contributed by atoms with Crippen LogP contribution in [0.5, 0.6) is 0 Å². The molecule has 2 aromatic carbocycles. The van der Waals surface area contributed by atoms with E-state index in [0.29, 0.717) is 31.8 Å². The standard InChI is InChI=1S/C24H29N3O3/c1-25(2)13-14-26-17-21(19-9-5-3-6-10-19)24(23(26)29)18-27(15-16-30-24)22(28)20-11-7-4-8-12-20/h3-12,21H,13-18H2,1-2H3/t21-,24+/m0/s1. The Hall–Kier alpha value is -2.70. The fraction of sp³-hybridized carbons (Fsp3) is 0.417. The van der Waals surface area contributed by atoms with Gasteiger partial charge in [-0.25, -0.2) is 0 Å². The van der Waals surface area contributed by atoms with Crippen LogP contribution in [-0.2, 0) is 9.53 Å². The summed E-state index contributed by atoms with van der Waals surface area (Å²) in [7, 11) is 4.00. The van der Waals surface area contributed by atoms with Crippen LogP contribution in [0, 0.1) is 0 Å². The summed E-state index contributed by atoms with van der Waals surface area (Å²) >= 11 is 0. The Morgan fingerprint density at radius 1 is 1.10 bits per heavy atom. The molecule has 2 aliphatic heterocycles. The highest BCUT2D eigenvalue weighted by Crippen LogP contribution is 2.42. The molecule has 0 N–H and O–H groups in total. The highest BCUT2D eigenvalue weighted by molar-refractivity contribution is 5.96. The Bertz CT molecular complexity index is 887. The SMILES string of the molecule is CN(C)CCN1C[C@@H](c2ccccc2)[C@]2(CN(C(=O)c3ccccc3)CCO2)C1=O. The van der Waals surface area contributed by atoms with Crippen LogP contribution in [0.4, 0.5) is 0 Å². The van der Waals surface area contributed by atoms with E-state index < -0.39 is 5.60 Å². The average molecular weight is 408 g/mol. The Labute approximate surface area is 178 Å². The molecule has 2 aromatic rings. The molecule has 2 heterocycles. The van der Waals surface area contributed by atoms with Crippen LogP contribution in [0.25, 0.3) is 0 Å². The zero-order valence-electron chi connectivity index (χ0n) is 17.7. The molecule has 6 heteroatoms. The molecular formula is C24H29N3O3. The Morgan fingerprint density at radius 3 is 2.43 bits per heavy atom. The molecule has 0 aromatic heterocycles. The number of nitrogens with zero attached hydrogens (tertiary/aromatic N) is 3. The minimum absolute atomic E-state index is 0.0104. The molecular weight excluding hydrogens is 378 g/mol. The number of amides is 2. The maximum Gasteiger partial charge on any atom is 0.257 e. The van der Waals surface area contributed by atoms with Crippen LogP contribution >= 0.6 is 0 Å². The van der Waals surface area contributed by atoms with Crippen molar-refractivity contribution in [2.45, 2.75) is 11.5 Å². The number of hydrogen-bond donors (Lipinski definition) is 0. The molecule has 2 atom stereocenters. The fourth-order valence-electron chi connectivity index (χ4n) is 4.46. The highest BCUT2D eigenvalue weighted by atomic mass is 16.5. The van der Waals surface area contributed by atoms with Gasteiger partial charge in [-0.2, -0.15) is 0 Å². The van der Waals surface area contributed by atoms with Crippen LogP contribution < -0.4 is 0 Å². The number of likely N-dealkylation sites (tertiary alicyclic amines) is 1. The van der Waals surface area contributed by atoms with Crippen LogP contribution in [0.2, 0.25) is 0 Å². The zero-order chi connectivity index (χ0) is 21.1. The fourth-order valence-corrected chi connectivity index (χ4v) is 4.46. The van der Waals surface area contributed by atoms with Crippen LogP contribution in [0.15, 0.2) is 60.7 Å². The molecule has 158 valence electrons. The Balaban J connectivity index is 1.65. The lowest BCUT2D eigenvalue weighted by Crippen LogP contribution is -2.59. The van der Waals surface area contributed by atoms with Crippen molar-refractivity contribution in [1.82, 2.24) is 14.7 Å². The number of morpholine rings is 1. The van der Waals surface area contributed by atoms with Gasteiger partial charge in [0.25, 0.3) is 11.8 Å². The molecule has 1 spiro atoms. The molecule has 0 unspecified atom stereocenters. The first-order chi connectivity index (χ1) is 14.5. The predicted molar refractivity (Wildman–Crippen MR) is 115 cm³/mol. The first-order valence-electron chi connectivity index (χ1n) is 10.5. The quantitative estimate of drug-likeness (QED) is 0.762. The van der Waals surface area contributed by atoms with Crippen molar-refractivity contribution < 1.29 is 14.3 Å². The summed E-state index contributed by atoms with van der Waals surface area (Å²) in [5.41, 5.74) is 0.684. The van der Waals surface area contributed by atoms with Gasteiger partial charge in [-0.15, -0.1) is 0 Å². The predicted octanol–water partition coefficient (Wildman–Crippen LogP) is 2.09. The summed E-state index contributed by atoms with van der Waals surface area (Å²) in [6.45, 7) is 3.15. The number of hydrogen-bond acceptors (Lipinski definition) is 4. The number of rotatable bonds is 5. The second kappa shape index (κ2) is 8.58. The maximum absolute atomic E-state index is 13.6. The number of carbonyl (C=O) groups is 2. The Morgan fingerprint density at radius 2 is 1.77 bits per heavy atom. The lowest BCUT2D eigenvalue weighted by molar-refractivity contribution is -0.159. The molecule has 4 rings (SSSR count). The van der Waals surface area contributed by atoms with Crippen molar-refractivity contribution in [2.24, 2.45) is 0 Å². The van der Waals surface area contributed by atoms with Gasteiger partial charge in [0.15, 0.2) is 5.60 Å². The minimum atomic E-state index is -1.03. The van der Waals surface area contributed by atoms with Gasteiger partial charge in [-0.1, -0.05) is 48.5 Å². The van der Waals surface area contributed by atoms with Crippen molar-refractivity contribution in [1.29, 1.82) is 0 Å². The maximum atomic E-state index is 13.6. The monoisotopic (exact) mass is 407 g/mol. The van der Waals surface area contributed by atoms with Gasteiger partial charge in [-0.05, 0) is 31.8 Å². The van der Waals surface area contributed by atoms with E-state index in [1.807, 2.05) is 67.5 Å². The summed E-state index contributed by atoms with van der Waals surface area (Å²) in [5, 5.41) is 0. The van der Waals surface area contributed by atoms with E-state index in [2.05, 4.69) is 17.0 Å². The number of ether oxygens (including phenoxy) is 1.